The first-order valence-electron chi connectivity index (χ1n) is 7.32. The summed E-state index contributed by atoms with van der Waals surface area (Å²) in [6.07, 6.45) is 0. The Morgan fingerprint density at radius 3 is 2.40 bits per heavy atom. The van der Waals surface area contributed by atoms with Crippen LogP contribution in [0.15, 0.2) is 24.3 Å². The lowest BCUT2D eigenvalue weighted by atomic mass is 10.0. The second-order valence-corrected chi connectivity index (χ2v) is 7.04. The van der Waals surface area contributed by atoms with E-state index in [1.807, 2.05) is 31.2 Å². The highest BCUT2D eigenvalue weighted by molar-refractivity contribution is 5.92. The van der Waals surface area contributed by atoms with Crippen LogP contribution in [-0.4, -0.2) is 19.0 Å². The second kappa shape index (κ2) is 5.21. The van der Waals surface area contributed by atoms with Gasteiger partial charge in [0, 0.05) is 5.69 Å². The molecule has 1 aliphatic rings. The Balaban J connectivity index is 1.74. The number of hydrogen-bond donors (Lipinski definition) is 2. The van der Waals surface area contributed by atoms with Crippen LogP contribution >= 0.6 is 0 Å². The highest BCUT2D eigenvalue weighted by atomic mass is 16.1. The van der Waals surface area contributed by atoms with Gasteiger partial charge in [0.15, 0.2) is 0 Å². The van der Waals surface area contributed by atoms with Gasteiger partial charge in [0.25, 0.3) is 0 Å². The maximum absolute atomic E-state index is 11.9. The first kappa shape index (κ1) is 15.0. The topological polar surface area (TPSA) is 41.1 Å². The fraction of sp³-hybridized carbons (Fsp3) is 0.588. The minimum absolute atomic E-state index is 0.0202. The first-order chi connectivity index (χ1) is 9.25. The van der Waals surface area contributed by atoms with Gasteiger partial charge in [-0.1, -0.05) is 39.8 Å². The summed E-state index contributed by atoms with van der Waals surface area (Å²) >= 11 is 0. The van der Waals surface area contributed by atoms with E-state index in [1.54, 1.807) is 0 Å². The molecule has 2 rings (SSSR count). The van der Waals surface area contributed by atoms with Crippen LogP contribution in [-0.2, 0) is 4.79 Å². The van der Waals surface area contributed by atoms with E-state index in [1.165, 1.54) is 0 Å². The molecule has 0 aliphatic heterocycles. The summed E-state index contributed by atoms with van der Waals surface area (Å²) in [4.78, 5) is 11.9. The van der Waals surface area contributed by atoms with Gasteiger partial charge in [-0.15, -0.1) is 0 Å². The Labute approximate surface area is 122 Å². The number of carbonyl (C=O) groups is 1. The molecule has 0 aromatic heterocycles. The third-order valence-electron chi connectivity index (χ3n) is 5.26. The third-order valence-corrected chi connectivity index (χ3v) is 5.26. The molecule has 2 N–H and O–H groups in total. The summed E-state index contributed by atoms with van der Waals surface area (Å²) in [5.74, 6) is 0.661. The molecule has 1 amide bonds. The molecule has 0 spiro atoms. The molecule has 3 heteroatoms. The van der Waals surface area contributed by atoms with Gasteiger partial charge in [-0.3, -0.25) is 4.79 Å². The normalized spacial score (nSPS) is 19.6. The highest BCUT2D eigenvalue weighted by Crippen LogP contribution is 2.67. The van der Waals surface area contributed by atoms with Crippen LogP contribution in [0, 0.1) is 23.7 Å². The van der Waals surface area contributed by atoms with Crippen LogP contribution in [0.4, 0.5) is 5.69 Å². The van der Waals surface area contributed by atoms with Crippen molar-refractivity contribution in [1.29, 1.82) is 0 Å². The molecule has 110 valence electrons. The van der Waals surface area contributed by atoms with E-state index in [0.717, 1.165) is 17.8 Å². The molecule has 0 bridgehead atoms. The number of rotatable bonds is 5. The fourth-order valence-electron chi connectivity index (χ4n) is 3.10. The van der Waals surface area contributed by atoms with Crippen LogP contribution in [0.2, 0.25) is 0 Å². The number of anilines is 1. The zero-order chi connectivity index (χ0) is 15.0. The lowest BCUT2D eigenvalue weighted by molar-refractivity contribution is -0.115. The molecule has 1 aromatic carbocycles. The molecular formula is C17H26N2O. The van der Waals surface area contributed by atoms with Crippen molar-refractivity contribution in [1.82, 2.24) is 5.32 Å². The van der Waals surface area contributed by atoms with E-state index >= 15 is 0 Å². The number of amides is 1. The van der Waals surface area contributed by atoms with E-state index < -0.39 is 0 Å². The number of hydrogen-bond acceptors (Lipinski definition) is 2. The molecule has 0 heterocycles. The molecule has 20 heavy (non-hydrogen) atoms. The molecule has 3 nitrogen and oxygen atoms in total. The van der Waals surface area contributed by atoms with Gasteiger partial charge < -0.3 is 10.6 Å². The fourth-order valence-corrected chi connectivity index (χ4v) is 3.10. The average molecular weight is 274 g/mol. The van der Waals surface area contributed by atoms with Crippen molar-refractivity contribution in [3.63, 3.8) is 0 Å². The molecule has 1 aromatic rings. The van der Waals surface area contributed by atoms with Gasteiger partial charge in [0.2, 0.25) is 5.91 Å². The number of aryl methyl sites for hydroxylation is 1. The van der Waals surface area contributed by atoms with Gasteiger partial charge in [-0.05, 0) is 47.9 Å². The number of nitrogens with one attached hydrogen (secondary N) is 2. The maximum atomic E-state index is 11.9. The lowest BCUT2D eigenvalue weighted by Crippen LogP contribution is -2.30. The van der Waals surface area contributed by atoms with Crippen molar-refractivity contribution in [3.8, 4) is 0 Å². The third kappa shape index (κ3) is 2.88. The summed E-state index contributed by atoms with van der Waals surface area (Å²) in [6, 6.07) is 7.86. The highest BCUT2D eigenvalue weighted by Gasteiger charge is 2.63. The van der Waals surface area contributed by atoms with Crippen molar-refractivity contribution in [2.45, 2.75) is 34.6 Å². The van der Waals surface area contributed by atoms with Crippen molar-refractivity contribution >= 4 is 11.6 Å². The van der Waals surface area contributed by atoms with Gasteiger partial charge in [0.1, 0.15) is 0 Å². The van der Waals surface area contributed by atoms with Crippen LogP contribution in [0.3, 0.4) is 0 Å². The monoisotopic (exact) mass is 274 g/mol. The second-order valence-electron chi connectivity index (χ2n) is 7.04. The number of carbonyl (C=O) groups excluding carboxylic acids is 1. The summed E-state index contributed by atoms with van der Waals surface area (Å²) < 4.78 is 0. The molecule has 1 fully saturated rings. The van der Waals surface area contributed by atoms with Gasteiger partial charge in [0.05, 0.1) is 6.54 Å². The minimum atomic E-state index is 0.0202. The summed E-state index contributed by atoms with van der Waals surface area (Å²) in [6.45, 7) is 12.5. The molecule has 1 aliphatic carbocycles. The Bertz CT molecular complexity index is 491. The van der Waals surface area contributed by atoms with Crippen molar-refractivity contribution in [3.05, 3.63) is 29.8 Å². The van der Waals surface area contributed by atoms with Crippen LogP contribution in [0.5, 0.6) is 0 Å². The zero-order valence-electron chi connectivity index (χ0n) is 13.2. The summed E-state index contributed by atoms with van der Waals surface area (Å²) in [5, 5.41) is 6.20. The Kier molecular flexibility index (Phi) is 3.92. The van der Waals surface area contributed by atoms with Crippen molar-refractivity contribution in [2.24, 2.45) is 16.7 Å². The lowest BCUT2D eigenvalue weighted by Gasteiger charge is -2.08. The van der Waals surface area contributed by atoms with Crippen molar-refractivity contribution in [2.75, 3.05) is 18.4 Å². The summed E-state index contributed by atoms with van der Waals surface area (Å²) in [7, 11) is 0. The molecule has 0 atom stereocenters. The van der Waals surface area contributed by atoms with Crippen molar-refractivity contribution < 1.29 is 4.79 Å². The van der Waals surface area contributed by atoms with Crippen LogP contribution in [0.1, 0.15) is 33.3 Å². The standard InChI is InChI=1S/C17H26N2O/c1-12-7-6-8-13(9-12)19-15(20)11-18-10-14-16(2,3)17(14,4)5/h6-9,14,18H,10-11H2,1-5H3,(H,19,20). The van der Waals surface area contributed by atoms with Gasteiger partial charge in [-0.2, -0.15) is 0 Å². The molecule has 0 unspecified atom stereocenters. The first-order valence-corrected chi connectivity index (χ1v) is 7.32. The Morgan fingerprint density at radius 1 is 1.20 bits per heavy atom. The summed E-state index contributed by atoms with van der Waals surface area (Å²) in [5.41, 5.74) is 2.75. The van der Waals surface area contributed by atoms with Gasteiger partial charge >= 0.3 is 0 Å². The minimum Gasteiger partial charge on any atom is -0.325 e. The Morgan fingerprint density at radius 2 is 1.85 bits per heavy atom. The largest absolute Gasteiger partial charge is 0.325 e. The zero-order valence-corrected chi connectivity index (χ0v) is 13.2. The van der Waals surface area contributed by atoms with Gasteiger partial charge in [-0.25, -0.2) is 0 Å². The maximum Gasteiger partial charge on any atom is 0.238 e. The van der Waals surface area contributed by atoms with E-state index in [4.69, 9.17) is 0 Å². The molecule has 0 radical (unpaired) electrons. The van der Waals surface area contributed by atoms with E-state index in [-0.39, 0.29) is 5.91 Å². The Hall–Kier alpha value is -1.35. The molecule has 1 saturated carbocycles. The molecule has 0 saturated heterocycles. The van der Waals surface area contributed by atoms with E-state index in [2.05, 4.69) is 38.3 Å². The smallest absolute Gasteiger partial charge is 0.238 e. The van der Waals surface area contributed by atoms with E-state index in [0.29, 0.717) is 23.3 Å². The van der Waals surface area contributed by atoms with Crippen LogP contribution < -0.4 is 10.6 Å². The number of benzene rings is 1. The van der Waals surface area contributed by atoms with E-state index in [9.17, 15) is 4.79 Å². The average Bonchev–Trinajstić information content (AvgIpc) is 2.71. The molecular weight excluding hydrogens is 248 g/mol. The predicted octanol–water partition coefficient (Wildman–Crippen LogP) is 3.21. The predicted molar refractivity (Wildman–Crippen MR) is 83.7 cm³/mol. The van der Waals surface area contributed by atoms with Crippen LogP contribution in [0.25, 0.3) is 0 Å². The SMILES string of the molecule is Cc1cccc(NC(=O)CNCC2C(C)(C)C2(C)C)c1. The quantitative estimate of drug-likeness (QED) is 0.865.